The van der Waals surface area contributed by atoms with Crippen LogP contribution in [0.3, 0.4) is 0 Å². The van der Waals surface area contributed by atoms with Crippen molar-refractivity contribution < 1.29 is 18.0 Å². The van der Waals surface area contributed by atoms with Crippen LogP contribution in [0.4, 0.5) is 11.4 Å². The van der Waals surface area contributed by atoms with Gasteiger partial charge < -0.3 is 10.6 Å². The molecule has 0 unspecified atom stereocenters. The van der Waals surface area contributed by atoms with Crippen LogP contribution >= 0.6 is 23.4 Å². The maximum Gasteiger partial charge on any atom is 0.234 e. The van der Waals surface area contributed by atoms with Crippen molar-refractivity contribution in [1.82, 2.24) is 0 Å². The minimum atomic E-state index is -3.74. The lowest BCUT2D eigenvalue weighted by Crippen LogP contribution is -2.26. The van der Waals surface area contributed by atoms with E-state index in [2.05, 4.69) is 10.6 Å². The van der Waals surface area contributed by atoms with Crippen LogP contribution in [0.5, 0.6) is 0 Å². The molecule has 0 fully saturated rings. The highest BCUT2D eigenvalue weighted by molar-refractivity contribution is 8.00. The Morgan fingerprint density at radius 1 is 1.29 bits per heavy atom. The number of thioether (sulfide) groups is 1. The average Bonchev–Trinajstić information content (AvgIpc) is 2.63. The first-order valence-electron chi connectivity index (χ1n) is 8.53. The number of benzene rings is 2. The van der Waals surface area contributed by atoms with Gasteiger partial charge in [-0.05, 0) is 55.8 Å². The molecule has 9 heteroatoms. The van der Waals surface area contributed by atoms with Gasteiger partial charge in [-0.15, -0.1) is 11.8 Å². The lowest BCUT2D eigenvalue weighted by molar-refractivity contribution is -0.116. The van der Waals surface area contributed by atoms with Crippen molar-refractivity contribution in [2.24, 2.45) is 0 Å². The monoisotopic (exact) mass is 438 g/mol. The van der Waals surface area contributed by atoms with Crippen LogP contribution in [0.2, 0.25) is 5.02 Å². The molecule has 0 radical (unpaired) electrons. The minimum absolute atomic E-state index is 0.0806. The van der Waals surface area contributed by atoms with Crippen LogP contribution in [0, 0.1) is 6.92 Å². The molecule has 148 valence electrons. The average molecular weight is 439 g/mol. The van der Waals surface area contributed by atoms with E-state index >= 15 is 0 Å². The SMILES string of the molecule is Cc1cc(Cl)ccc1NC(=O)C[C@H](C)S(=O)(=O)c1ccc2c(c1)NC(=O)CS2. The first kappa shape index (κ1) is 20.7. The Morgan fingerprint density at radius 2 is 2.04 bits per heavy atom. The van der Waals surface area contributed by atoms with Crippen LogP contribution in [0.1, 0.15) is 18.9 Å². The first-order valence-corrected chi connectivity index (χ1v) is 11.4. The summed E-state index contributed by atoms with van der Waals surface area (Å²) in [6.07, 6.45) is -0.192. The molecule has 1 aliphatic heterocycles. The molecule has 1 aliphatic rings. The zero-order chi connectivity index (χ0) is 20.5. The van der Waals surface area contributed by atoms with Crippen molar-refractivity contribution >= 4 is 56.4 Å². The van der Waals surface area contributed by atoms with Crippen molar-refractivity contribution in [3.63, 3.8) is 0 Å². The molecule has 2 aromatic rings. The Hall–Kier alpha value is -2.03. The molecule has 2 N–H and O–H groups in total. The molecular weight excluding hydrogens is 420 g/mol. The zero-order valence-electron chi connectivity index (χ0n) is 15.3. The molecule has 0 saturated heterocycles. The molecule has 1 heterocycles. The van der Waals surface area contributed by atoms with Crippen molar-refractivity contribution in [3.05, 3.63) is 47.0 Å². The first-order chi connectivity index (χ1) is 13.2. The Balaban J connectivity index is 1.74. The number of halogens is 1. The standard InChI is InChI=1S/C19H19ClN2O4S2/c1-11-7-13(20)3-5-15(11)21-18(23)8-12(2)28(25,26)14-4-6-17-16(9-14)22-19(24)10-27-17/h3-7,9,12H,8,10H2,1-2H3,(H,21,23)(H,22,24)/t12-/m0/s1. The Kier molecular flexibility index (Phi) is 6.02. The van der Waals surface area contributed by atoms with Crippen molar-refractivity contribution in [2.45, 2.75) is 35.3 Å². The largest absolute Gasteiger partial charge is 0.326 e. The van der Waals surface area contributed by atoms with E-state index in [-0.39, 0.29) is 17.2 Å². The van der Waals surface area contributed by atoms with Gasteiger partial charge in [0.2, 0.25) is 11.8 Å². The molecule has 3 rings (SSSR count). The van der Waals surface area contributed by atoms with Gasteiger partial charge in [0, 0.05) is 22.0 Å². The van der Waals surface area contributed by atoms with Gasteiger partial charge >= 0.3 is 0 Å². The number of aryl methyl sites for hydroxylation is 1. The third kappa shape index (κ3) is 4.51. The molecule has 0 bridgehead atoms. The summed E-state index contributed by atoms with van der Waals surface area (Å²) in [4.78, 5) is 24.8. The third-order valence-electron chi connectivity index (χ3n) is 4.38. The summed E-state index contributed by atoms with van der Waals surface area (Å²) in [5.74, 6) is -0.263. The maximum absolute atomic E-state index is 12.9. The fourth-order valence-corrected chi connectivity index (χ4v) is 5.20. The van der Waals surface area contributed by atoms with Gasteiger partial charge in [0.15, 0.2) is 9.84 Å². The van der Waals surface area contributed by atoms with Gasteiger partial charge in [0.25, 0.3) is 0 Å². The predicted octanol–water partition coefficient (Wildman–Crippen LogP) is 3.88. The lowest BCUT2D eigenvalue weighted by Gasteiger charge is -2.19. The zero-order valence-corrected chi connectivity index (χ0v) is 17.7. The molecule has 0 aromatic heterocycles. The number of rotatable bonds is 5. The van der Waals surface area contributed by atoms with E-state index in [1.54, 1.807) is 31.2 Å². The quantitative estimate of drug-likeness (QED) is 0.738. The van der Waals surface area contributed by atoms with E-state index in [1.165, 1.54) is 30.8 Å². The molecule has 0 saturated carbocycles. The topological polar surface area (TPSA) is 92.3 Å². The number of hydrogen-bond acceptors (Lipinski definition) is 5. The van der Waals surface area contributed by atoms with Gasteiger partial charge in [0.1, 0.15) is 0 Å². The molecule has 6 nitrogen and oxygen atoms in total. The number of nitrogens with one attached hydrogen (secondary N) is 2. The Bertz CT molecular complexity index is 1050. The van der Waals surface area contributed by atoms with Crippen molar-refractivity contribution in [1.29, 1.82) is 0 Å². The van der Waals surface area contributed by atoms with Gasteiger partial charge in [0.05, 0.1) is 21.6 Å². The summed E-state index contributed by atoms with van der Waals surface area (Å²) < 4.78 is 25.8. The second-order valence-corrected chi connectivity index (χ2v) is 10.4. The third-order valence-corrected chi connectivity index (χ3v) is 7.82. The van der Waals surface area contributed by atoms with Crippen LogP contribution < -0.4 is 10.6 Å². The second kappa shape index (κ2) is 8.14. The van der Waals surface area contributed by atoms with Crippen LogP contribution in [0.25, 0.3) is 0 Å². The summed E-state index contributed by atoms with van der Waals surface area (Å²) in [7, 11) is -3.74. The van der Waals surface area contributed by atoms with E-state index in [9.17, 15) is 18.0 Å². The molecule has 1 atom stereocenters. The molecule has 2 amide bonds. The predicted molar refractivity (Wildman–Crippen MR) is 112 cm³/mol. The number of sulfone groups is 1. The van der Waals surface area contributed by atoms with E-state index in [4.69, 9.17) is 11.6 Å². The Labute approximate surface area is 173 Å². The van der Waals surface area contributed by atoms with Crippen molar-refractivity contribution in [2.75, 3.05) is 16.4 Å². The number of amides is 2. The van der Waals surface area contributed by atoms with Crippen molar-refractivity contribution in [3.8, 4) is 0 Å². The smallest absolute Gasteiger partial charge is 0.234 e. The highest BCUT2D eigenvalue weighted by Crippen LogP contribution is 2.34. The highest BCUT2D eigenvalue weighted by atomic mass is 35.5. The molecule has 0 spiro atoms. The number of hydrogen-bond donors (Lipinski definition) is 2. The van der Waals surface area contributed by atoms with E-state index in [1.807, 2.05) is 0 Å². The van der Waals surface area contributed by atoms with Gasteiger partial charge in [-0.3, -0.25) is 9.59 Å². The molecule has 28 heavy (non-hydrogen) atoms. The normalized spacial score (nSPS) is 14.8. The summed E-state index contributed by atoms with van der Waals surface area (Å²) in [5.41, 5.74) is 1.86. The maximum atomic E-state index is 12.9. The van der Waals surface area contributed by atoms with Crippen LogP contribution in [0.15, 0.2) is 46.2 Å². The summed E-state index contributed by atoms with van der Waals surface area (Å²) in [6, 6.07) is 9.69. The molecule has 2 aromatic carbocycles. The number of fused-ring (bicyclic) bond motifs is 1. The summed E-state index contributed by atoms with van der Waals surface area (Å²) in [6.45, 7) is 3.30. The van der Waals surface area contributed by atoms with Gasteiger partial charge in [-0.1, -0.05) is 11.6 Å². The number of carbonyl (C=O) groups excluding carboxylic acids is 2. The van der Waals surface area contributed by atoms with Gasteiger partial charge in [-0.25, -0.2) is 8.42 Å². The van der Waals surface area contributed by atoms with E-state index < -0.39 is 21.0 Å². The second-order valence-electron chi connectivity index (χ2n) is 6.56. The van der Waals surface area contributed by atoms with Gasteiger partial charge in [-0.2, -0.15) is 0 Å². The van der Waals surface area contributed by atoms with E-state index in [0.717, 1.165) is 10.5 Å². The summed E-state index contributed by atoms with van der Waals surface area (Å²) >= 11 is 7.26. The van der Waals surface area contributed by atoms with E-state index in [0.29, 0.717) is 22.2 Å². The lowest BCUT2D eigenvalue weighted by atomic mass is 10.2. The Morgan fingerprint density at radius 3 is 2.75 bits per heavy atom. The number of anilines is 2. The van der Waals surface area contributed by atoms with Crippen LogP contribution in [-0.4, -0.2) is 31.2 Å². The molecule has 0 aliphatic carbocycles. The summed E-state index contributed by atoms with van der Waals surface area (Å²) in [5, 5.41) is 5.04. The molecular formula is C19H19ClN2O4S2. The van der Waals surface area contributed by atoms with Crippen LogP contribution in [-0.2, 0) is 19.4 Å². The fourth-order valence-electron chi connectivity index (χ4n) is 2.81. The number of carbonyl (C=O) groups is 2. The highest BCUT2D eigenvalue weighted by Gasteiger charge is 2.27. The fraction of sp³-hybridized carbons (Fsp3) is 0.263. The minimum Gasteiger partial charge on any atom is -0.326 e.